The third-order valence-electron chi connectivity index (χ3n) is 7.05. The summed E-state index contributed by atoms with van der Waals surface area (Å²) in [5.74, 6) is 0.899. The molecule has 8 nitrogen and oxygen atoms in total. The van der Waals surface area contributed by atoms with Crippen LogP contribution >= 0.6 is 0 Å². The van der Waals surface area contributed by atoms with Gasteiger partial charge in [-0.05, 0) is 41.7 Å². The zero-order valence-corrected chi connectivity index (χ0v) is 19.0. The first-order chi connectivity index (χ1) is 16.1. The van der Waals surface area contributed by atoms with Crippen molar-refractivity contribution >= 4 is 11.9 Å². The number of fused-ring (bicyclic) bond motifs is 1. The monoisotopic (exact) mass is 450 g/mol. The van der Waals surface area contributed by atoms with Crippen molar-refractivity contribution in [3.05, 3.63) is 59.4 Å². The van der Waals surface area contributed by atoms with Crippen molar-refractivity contribution in [1.29, 1.82) is 0 Å². The van der Waals surface area contributed by atoms with Crippen LogP contribution in [0, 0.1) is 0 Å². The van der Waals surface area contributed by atoms with Crippen LogP contribution in [0.1, 0.15) is 29.5 Å². The number of aromatic nitrogens is 1. The molecule has 0 aliphatic carbocycles. The quantitative estimate of drug-likeness (QED) is 0.604. The number of methoxy groups -OCH3 is 1. The number of carbonyl (C=O) groups is 2. The first kappa shape index (κ1) is 21.9. The van der Waals surface area contributed by atoms with Crippen molar-refractivity contribution in [2.24, 2.45) is 0 Å². The number of nitrogens with zero attached hydrogens (tertiary/aromatic N) is 4. The summed E-state index contributed by atoms with van der Waals surface area (Å²) in [5, 5.41) is 0. The molecule has 3 aliphatic heterocycles. The molecule has 1 spiro atoms. The third kappa shape index (κ3) is 4.09. The van der Waals surface area contributed by atoms with E-state index in [0.29, 0.717) is 26.0 Å². The molecule has 3 aliphatic rings. The number of likely N-dealkylation sites (tertiary alicyclic amines) is 1. The molecule has 0 N–H and O–H groups in total. The highest BCUT2D eigenvalue weighted by Crippen LogP contribution is 2.38. The zero-order valence-electron chi connectivity index (χ0n) is 19.0. The molecule has 0 unspecified atom stereocenters. The Morgan fingerprint density at radius 3 is 2.73 bits per heavy atom. The second-order valence-corrected chi connectivity index (χ2v) is 9.03. The van der Waals surface area contributed by atoms with Gasteiger partial charge in [0.1, 0.15) is 11.3 Å². The van der Waals surface area contributed by atoms with E-state index < -0.39 is 5.54 Å². The van der Waals surface area contributed by atoms with Crippen LogP contribution in [-0.2, 0) is 29.0 Å². The molecule has 174 valence electrons. The maximum absolute atomic E-state index is 13.6. The second-order valence-electron chi connectivity index (χ2n) is 9.03. The van der Waals surface area contributed by atoms with Gasteiger partial charge >= 0.3 is 6.03 Å². The van der Waals surface area contributed by atoms with Gasteiger partial charge in [0.15, 0.2) is 0 Å². The lowest BCUT2D eigenvalue weighted by atomic mass is 9.85. The number of hydrogen-bond donors (Lipinski definition) is 0. The Hall–Kier alpha value is -2.97. The van der Waals surface area contributed by atoms with Gasteiger partial charge in [-0.3, -0.25) is 19.6 Å². The number of rotatable bonds is 7. The summed E-state index contributed by atoms with van der Waals surface area (Å²) in [4.78, 5) is 36.6. The SMILES string of the molecule is COCCN1C(=O)N(Cc2cccnc2)C(=O)C12CCN(Cc1ccc3c(c1)CCO3)CC2. The maximum Gasteiger partial charge on any atom is 0.328 e. The van der Waals surface area contributed by atoms with Crippen molar-refractivity contribution in [3.8, 4) is 5.75 Å². The highest BCUT2D eigenvalue weighted by atomic mass is 16.5. The highest BCUT2D eigenvalue weighted by Gasteiger charge is 2.57. The number of imide groups is 1. The number of pyridine rings is 1. The number of ether oxygens (including phenoxy) is 2. The zero-order chi connectivity index (χ0) is 22.8. The van der Waals surface area contributed by atoms with E-state index in [1.54, 1.807) is 24.4 Å². The third-order valence-corrected chi connectivity index (χ3v) is 7.05. The lowest BCUT2D eigenvalue weighted by Gasteiger charge is -2.42. The molecule has 0 saturated carbocycles. The van der Waals surface area contributed by atoms with Gasteiger partial charge in [-0.2, -0.15) is 0 Å². The largest absolute Gasteiger partial charge is 0.493 e. The summed E-state index contributed by atoms with van der Waals surface area (Å²) in [6.07, 6.45) is 5.60. The number of benzene rings is 1. The average molecular weight is 451 g/mol. The van der Waals surface area contributed by atoms with Gasteiger partial charge in [0.25, 0.3) is 5.91 Å². The molecule has 33 heavy (non-hydrogen) atoms. The van der Waals surface area contributed by atoms with Crippen LogP contribution < -0.4 is 4.74 Å². The topological polar surface area (TPSA) is 75.2 Å². The van der Waals surface area contributed by atoms with Gasteiger partial charge in [-0.1, -0.05) is 18.2 Å². The fourth-order valence-electron chi connectivity index (χ4n) is 5.25. The first-order valence-electron chi connectivity index (χ1n) is 11.6. The molecule has 4 heterocycles. The summed E-state index contributed by atoms with van der Waals surface area (Å²) < 4.78 is 10.9. The van der Waals surface area contributed by atoms with E-state index in [9.17, 15) is 9.59 Å². The molecular formula is C25H30N4O4. The Bertz CT molecular complexity index is 1020. The summed E-state index contributed by atoms with van der Waals surface area (Å²) in [5.41, 5.74) is 2.59. The summed E-state index contributed by atoms with van der Waals surface area (Å²) in [6.45, 7) is 4.18. The number of carbonyl (C=O) groups excluding carboxylic acids is 2. The Morgan fingerprint density at radius 2 is 1.97 bits per heavy atom. The molecule has 0 bridgehead atoms. The molecule has 1 aromatic heterocycles. The lowest BCUT2D eigenvalue weighted by Crippen LogP contribution is -2.57. The van der Waals surface area contributed by atoms with Gasteiger partial charge in [0.2, 0.25) is 0 Å². The Labute approximate surface area is 194 Å². The minimum absolute atomic E-state index is 0.0956. The molecule has 2 aromatic rings. The summed E-state index contributed by atoms with van der Waals surface area (Å²) in [7, 11) is 1.62. The smallest absolute Gasteiger partial charge is 0.328 e. The molecule has 8 heteroatoms. The van der Waals surface area contributed by atoms with E-state index in [-0.39, 0.29) is 18.5 Å². The van der Waals surface area contributed by atoms with Crippen LogP contribution in [0.3, 0.4) is 0 Å². The number of hydrogen-bond acceptors (Lipinski definition) is 6. The van der Waals surface area contributed by atoms with Crippen LogP contribution in [0.2, 0.25) is 0 Å². The average Bonchev–Trinajstić information content (AvgIpc) is 3.38. The van der Waals surface area contributed by atoms with Gasteiger partial charge < -0.3 is 14.4 Å². The number of amides is 3. The van der Waals surface area contributed by atoms with Crippen LogP contribution in [-0.4, -0.2) is 77.1 Å². The van der Waals surface area contributed by atoms with E-state index >= 15 is 0 Å². The minimum atomic E-state index is -0.792. The minimum Gasteiger partial charge on any atom is -0.493 e. The van der Waals surface area contributed by atoms with Crippen LogP contribution in [0.5, 0.6) is 5.75 Å². The molecule has 2 fully saturated rings. The molecule has 0 radical (unpaired) electrons. The number of urea groups is 1. The fraction of sp³-hybridized carbons (Fsp3) is 0.480. The summed E-state index contributed by atoms with van der Waals surface area (Å²) >= 11 is 0. The molecular weight excluding hydrogens is 420 g/mol. The van der Waals surface area contributed by atoms with Crippen LogP contribution in [0.15, 0.2) is 42.7 Å². The molecule has 2 saturated heterocycles. The summed E-state index contributed by atoms with van der Waals surface area (Å²) in [6, 6.07) is 9.90. The van der Waals surface area contributed by atoms with Crippen LogP contribution in [0.25, 0.3) is 0 Å². The Morgan fingerprint density at radius 1 is 1.12 bits per heavy atom. The van der Waals surface area contributed by atoms with Crippen molar-refractivity contribution in [3.63, 3.8) is 0 Å². The Balaban J connectivity index is 1.30. The lowest BCUT2D eigenvalue weighted by molar-refractivity contribution is -0.136. The second kappa shape index (κ2) is 9.11. The van der Waals surface area contributed by atoms with E-state index in [0.717, 1.165) is 44.0 Å². The number of piperidine rings is 1. The van der Waals surface area contributed by atoms with Crippen molar-refractivity contribution in [2.45, 2.75) is 37.9 Å². The first-order valence-corrected chi connectivity index (χ1v) is 11.6. The van der Waals surface area contributed by atoms with Crippen molar-refractivity contribution < 1.29 is 19.1 Å². The normalized spacial score (nSPS) is 19.9. The van der Waals surface area contributed by atoms with E-state index in [1.165, 1.54) is 16.0 Å². The molecule has 5 rings (SSSR count). The Kier molecular flexibility index (Phi) is 6.03. The van der Waals surface area contributed by atoms with Crippen LogP contribution in [0.4, 0.5) is 4.79 Å². The van der Waals surface area contributed by atoms with Gasteiger partial charge in [-0.15, -0.1) is 0 Å². The molecule has 0 atom stereocenters. The highest BCUT2D eigenvalue weighted by molar-refractivity contribution is 6.07. The predicted octanol–water partition coefficient (Wildman–Crippen LogP) is 2.46. The standard InChI is InChI=1S/C25H30N4O4/c1-32-14-12-29-24(31)28(18-20-3-2-9-26-16-20)23(30)25(29)7-10-27(11-8-25)17-19-4-5-22-21(15-19)6-13-33-22/h2-5,9,15-16H,6-8,10-14,17-18H2,1H3. The van der Waals surface area contributed by atoms with E-state index in [1.807, 2.05) is 12.1 Å². The maximum atomic E-state index is 13.6. The van der Waals surface area contributed by atoms with E-state index in [4.69, 9.17) is 9.47 Å². The van der Waals surface area contributed by atoms with Crippen molar-refractivity contribution in [2.75, 3.05) is 40.0 Å². The predicted molar refractivity (Wildman–Crippen MR) is 122 cm³/mol. The van der Waals surface area contributed by atoms with Crippen molar-refractivity contribution in [1.82, 2.24) is 19.7 Å². The van der Waals surface area contributed by atoms with Gasteiger partial charge in [-0.25, -0.2) is 4.79 Å². The fourth-order valence-corrected chi connectivity index (χ4v) is 5.25. The van der Waals surface area contributed by atoms with Gasteiger partial charge in [0.05, 0.1) is 19.8 Å². The molecule has 3 amide bonds. The molecule has 1 aromatic carbocycles. The van der Waals surface area contributed by atoms with E-state index in [2.05, 4.69) is 28.1 Å². The van der Waals surface area contributed by atoms with Gasteiger partial charge in [0, 0.05) is 52.1 Å².